The molecule has 3 nitrogen and oxygen atoms in total. The fourth-order valence-corrected chi connectivity index (χ4v) is 3.44. The molecule has 1 heterocycles. The molecule has 1 aliphatic heterocycles. The van der Waals surface area contributed by atoms with E-state index in [1.165, 1.54) is 16.7 Å². The van der Waals surface area contributed by atoms with Crippen LogP contribution in [0.15, 0.2) is 48.5 Å². The first-order valence-electron chi connectivity index (χ1n) is 8.93. The van der Waals surface area contributed by atoms with Gasteiger partial charge < -0.3 is 15.2 Å². The summed E-state index contributed by atoms with van der Waals surface area (Å²) < 4.78 is 5.92. The monoisotopic (exact) mass is 325 g/mol. The van der Waals surface area contributed by atoms with E-state index in [2.05, 4.69) is 54.7 Å². The predicted molar refractivity (Wildman–Crippen MR) is 97.3 cm³/mol. The summed E-state index contributed by atoms with van der Waals surface area (Å²) in [6.45, 7) is 3.14. The number of nitrogens with one attached hydrogen (secondary N) is 1. The van der Waals surface area contributed by atoms with Crippen LogP contribution in [0.4, 0.5) is 0 Å². The molecule has 0 aliphatic carbocycles. The van der Waals surface area contributed by atoms with E-state index in [4.69, 9.17) is 4.74 Å². The molecule has 24 heavy (non-hydrogen) atoms. The number of aliphatic hydroxyl groups is 1. The second-order valence-corrected chi connectivity index (χ2v) is 6.58. The molecule has 2 aromatic rings. The first-order chi connectivity index (χ1) is 11.8. The fraction of sp³-hybridized carbons (Fsp3) is 0.429. The normalized spacial score (nSPS) is 18.3. The highest BCUT2D eigenvalue weighted by atomic mass is 16.5. The Morgan fingerprint density at radius 3 is 2.83 bits per heavy atom. The highest BCUT2D eigenvalue weighted by Crippen LogP contribution is 2.34. The van der Waals surface area contributed by atoms with Gasteiger partial charge in [0.15, 0.2) is 0 Å². The van der Waals surface area contributed by atoms with Crippen molar-refractivity contribution in [3.63, 3.8) is 0 Å². The summed E-state index contributed by atoms with van der Waals surface area (Å²) in [6, 6.07) is 17.5. The van der Waals surface area contributed by atoms with Gasteiger partial charge in [0, 0.05) is 24.3 Å². The van der Waals surface area contributed by atoms with Gasteiger partial charge in [0.25, 0.3) is 0 Å². The van der Waals surface area contributed by atoms with E-state index >= 15 is 0 Å². The minimum Gasteiger partial charge on any atom is -0.493 e. The van der Waals surface area contributed by atoms with Gasteiger partial charge in [-0.05, 0) is 44.2 Å². The van der Waals surface area contributed by atoms with E-state index in [9.17, 15) is 5.11 Å². The number of aliphatic hydroxyl groups excluding tert-OH is 1. The van der Waals surface area contributed by atoms with E-state index in [1.807, 2.05) is 6.07 Å². The minimum atomic E-state index is 0.231. The summed E-state index contributed by atoms with van der Waals surface area (Å²) in [6.07, 6.45) is 3.85. The van der Waals surface area contributed by atoms with Gasteiger partial charge in [0.2, 0.25) is 0 Å². The van der Waals surface area contributed by atoms with Gasteiger partial charge in [-0.25, -0.2) is 0 Å². The molecule has 0 fully saturated rings. The molecule has 2 aromatic carbocycles. The number of benzene rings is 2. The fourth-order valence-electron chi connectivity index (χ4n) is 3.44. The Kier molecular flexibility index (Phi) is 5.89. The second kappa shape index (κ2) is 8.32. The smallest absolute Gasteiger partial charge is 0.124 e. The molecule has 0 radical (unpaired) electrons. The molecule has 0 saturated heterocycles. The molecule has 128 valence electrons. The molecule has 3 heteroatoms. The second-order valence-electron chi connectivity index (χ2n) is 6.58. The minimum absolute atomic E-state index is 0.231. The third-order valence-electron chi connectivity index (χ3n) is 4.69. The van der Waals surface area contributed by atoms with Crippen LogP contribution in [0.5, 0.6) is 5.75 Å². The van der Waals surface area contributed by atoms with E-state index in [0.29, 0.717) is 0 Å². The molecule has 0 bridgehead atoms. The lowest BCUT2D eigenvalue weighted by atomic mass is 9.96. The quantitative estimate of drug-likeness (QED) is 0.831. The average Bonchev–Trinajstić information content (AvgIpc) is 2.81. The maximum absolute atomic E-state index is 9.26. The third kappa shape index (κ3) is 4.16. The van der Waals surface area contributed by atoms with Crippen LogP contribution in [0.25, 0.3) is 0 Å². The molecule has 2 atom stereocenters. The highest BCUT2D eigenvalue weighted by molar-refractivity contribution is 5.40. The zero-order valence-corrected chi connectivity index (χ0v) is 14.4. The van der Waals surface area contributed by atoms with Crippen LogP contribution in [0.2, 0.25) is 0 Å². The topological polar surface area (TPSA) is 41.5 Å². The number of hydrogen-bond acceptors (Lipinski definition) is 3. The Morgan fingerprint density at radius 1 is 1.21 bits per heavy atom. The van der Waals surface area contributed by atoms with Crippen molar-refractivity contribution in [3.05, 3.63) is 65.2 Å². The van der Waals surface area contributed by atoms with Crippen LogP contribution in [0.1, 0.15) is 54.5 Å². The molecule has 0 saturated carbocycles. The van der Waals surface area contributed by atoms with Gasteiger partial charge in [-0.3, -0.25) is 0 Å². The van der Waals surface area contributed by atoms with Crippen molar-refractivity contribution in [1.82, 2.24) is 5.32 Å². The van der Waals surface area contributed by atoms with Gasteiger partial charge in [0.1, 0.15) is 5.75 Å². The van der Waals surface area contributed by atoms with E-state index in [1.54, 1.807) is 0 Å². The molecule has 2 N–H and O–H groups in total. The van der Waals surface area contributed by atoms with Crippen molar-refractivity contribution in [1.29, 1.82) is 0 Å². The third-order valence-corrected chi connectivity index (χ3v) is 4.69. The predicted octanol–water partition coefficient (Wildman–Crippen LogP) is 4.31. The van der Waals surface area contributed by atoms with Gasteiger partial charge in [-0.1, -0.05) is 48.0 Å². The zero-order valence-electron chi connectivity index (χ0n) is 14.4. The van der Waals surface area contributed by atoms with E-state index in [-0.39, 0.29) is 18.7 Å². The summed E-state index contributed by atoms with van der Waals surface area (Å²) in [5, 5.41) is 13.1. The van der Waals surface area contributed by atoms with Crippen LogP contribution >= 0.6 is 0 Å². The van der Waals surface area contributed by atoms with E-state index in [0.717, 1.165) is 38.0 Å². The SMILES string of the molecule is Cc1ccc2c(c1)C(NC(CCCO)c1ccccc1)CCCO2. The maximum Gasteiger partial charge on any atom is 0.124 e. The first kappa shape index (κ1) is 17.0. The average molecular weight is 325 g/mol. The molecule has 3 rings (SSSR count). The zero-order chi connectivity index (χ0) is 16.8. The summed E-state index contributed by atoms with van der Waals surface area (Å²) in [7, 11) is 0. The van der Waals surface area contributed by atoms with Crippen LogP contribution in [-0.2, 0) is 0 Å². The molecule has 0 aromatic heterocycles. The lowest BCUT2D eigenvalue weighted by molar-refractivity contribution is 0.270. The van der Waals surface area contributed by atoms with Crippen molar-refractivity contribution in [2.75, 3.05) is 13.2 Å². The van der Waals surface area contributed by atoms with Gasteiger partial charge in [0.05, 0.1) is 6.61 Å². The molecule has 0 spiro atoms. The number of aryl methyl sites for hydroxylation is 1. The molecule has 1 aliphatic rings. The van der Waals surface area contributed by atoms with Crippen molar-refractivity contribution in [3.8, 4) is 5.75 Å². The van der Waals surface area contributed by atoms with Crippen LogP contribution < -0.4 is 10.1 Å². The molecular weight excluding hydrogens is 298 g/mol. The molecule has 2 unspecified atom stereocenters. The number of ether oxygens (including phenoxy) is 1. The van der Waals surface area contributed by atoms with Crippen molar-refractivity contribution in [2.45, 2.75) is 44.7 Å². The van der Waals surface area contributed by atoms with E-state index < -0.39 is 0 Å². The van der Waals surface area contributed by atoms with Gasteiger partial charge in [-0.15, -0.1) is 0 Å². The van der Waals surface area contributed by atoms with Crippen molar-refractivity contribution in [2.24, 2.45) is 0 Å². The Balaban J connectivity index is 1.85. The van der Waals surface area contributed by atoms with Crippen molar-refractivity contribution >= 4 is 0 Å². The van der Waals surface area contributed by atoms with Crippen LogP contribution in [-0.4, -0.2) is 18.3 Å². The summed E-state index contributed by atoms with van der Waals surface area (Å²) in [5.74, 6) is 1.00. The van der Waals surface area contributed by atoms with Crippen LogP contribution in [0.3, 0.4) is 0 Å². The molecular formula is C21H27NO2. The first-order valence-corrected chi connectivity index (χ1v) is 8.93. The number of rotatable bonds is 6. The highest BCUT2D eigenvalue weighted by Gasteiger charge is 2.23. The summed E-state index contributed by atoms with van der Waals surface area (Å²) in [4.78, 5) is 0. The Morgan fingerprint density at radius 2 is 2.04 bits per heavy atom. The number of hydrogen-bond donors (Lipinski definition) is 2. The Labute approximate surface area is 144 Å². The largest absolute Gasteiger partial charge is 0.493 e. The van der Waals surface area contributed by atoms with Crippen LogP contribution in [0, 0.1) is 6.92 Å². The number of fused-ring (bicyclic) bond motifs is 1. The standard InChI is InChI=1S/C21H27NO2/c1-16-11-12-21-18(15-16)20(10-6-14-24-21)22-19(9-5-13-23)17-7-3-2-4-8-17/h2-4,7-8,11-12,15,19-20,22-23H,5-6,9-10,13-14H2,1H3. The van der Waals surface area contributed by atoms with Gasteiger partial charge in [-0.2, -0.15) is 0 Å². The Hall–Kier alpha value is -1.84. The van der Waals surface area contributed by atoms with Gasteiger partial charge >= 0.3 is 0 Å². The maximum atomic E-state index is 9.26. The lowest BCUT2D eigenvalue weighted by Gasteiger charge is -2.26. The Bertz CT molecular complexity index is 642. The summed E-state index contributed by atoms with van der Waals surface area (Å²) in [5.41, 5.74) is 3.81. The lowest BCUT2D eigenvalue weighted by Crippen LogP contribution is -2.27. The van der Waals surface area contributed by atoms with Crippen molar-refractivity contribution < 1.29 is 9.84 Å². The molecule has 0 amide bonds. The summed E-state index contributed by atoms with van der Waals surface area (Å²) >= 11 is 0.